The molecule has 1 aliphatic heterocycles. The zero-order valence-corrected chi connectivity index (χ0v) is 5.93. The van der Waals surface area contributed by atoms with E-state index < -0.39 is 0 Å². The van der Waals surface area contributed by atoms with E-state index in [9.17, 15) is 0 Å². The highest BCUT2D eigenvalue weighted by Crippen LogP contribution is 2.11. The minimum Gasteiger partial charge on any atom is -0.411 e. The van der Waals surface area contributed by atoms with Gasteiger partial charge in [0.15, 0.2) is 5.82 Å². The standard InChI is InChI=1S/C6H8N4O/c11-9-5-2-1-3-10-4-7-8-6(5)10/h4,11H,1-3H2/b9-5+. The van der Waals surface area contributed by atoms with Crippen LogP contribution in [-0.4, -0.2) is 25.7 Å². The molecule has 0 fully saturated rings. The molecule has 0 atom stereocenters. The van der Waals surface area contributed by atoms with Crippen LogP contribution in [0.2, 0.25) is 0 Å². The molecule has 1 aromatic heterocycles. The lowest BCUT2D eigenvalue weighted by atomic mass is 10.1. The second kappa shape index (κ2) is 2.34. The third-order valence-electron chi connectivity index (χ3n) is 1.81. The average Bonchev–Trinajstić information content (AvgIpc) is 2.50. The Morgan fingerprint density at radius 2 is 2.55 bits per heavy atom. The summed E-state index contributed by atoms with van der Waals surface area (Å²) in [6.07, 6.45) is 3.43. The molecule has 1 aliphatic rings. The number of aromatic nitrogens is 3. The molecule has 5 heteroatoms. The Morgan fingerprint density at radius 1 is 1.64 bits per heavy atom. The van der Waals surface area contributed by atoms with Crippen molar-refractivity contribution in [2.45, 2.75) is 19.4 Å². The summed E-state index contributed by atoms with van der Waals surface area (Å²) in [6.45, 7) is 0.918. The van der Waals surface area contributed by atoms with Crippen LogP contribution in [0.1, 0.15) is 18.7 Å². The first-order chi connectivity index (χ1) is 5.42. The fraction of sp³-hybridized carbons (Fsp3) is 0.500. The number of nitrogens with zero attached hydrogens (tertiary/aromatic N) is 4. The summed E-state index contributed by atoms with van der Waals surface area (Å²) < 4.78 is 1.89. The molecule has 0 saturated carbocycles. The van der Waals surface area contributed by atoms with E-state index in [2.05, 4.69) is 15.4 Å². The van der Waals surface area contributed by atoms with Crippen LogP contribution in [0.5, 0.6) is 0 Å². The molecule has 2 rings (SSSR count). The fourth-order valence-corrected chi connectivity index (χ4v) is 1.27. The first-order valence-electron chi connectivity index (χ1n) is 3.51. The molecule has 58 valence electrons. The molecule has 1 aromatic rings. The van der Waals surface area contributed by atoms with Gasteiger partial charge in [-0.2, -0.15) is 0 Å². The van der Waals surface area contributed by atoms with Crippen LogP contribution in [0.25, 0.3) is 0 Å². The Kier molecular flexibility index (Phi) is 1.34. The molecule has 0 amide bonds. The highest BCUT2D eigenvalue weighted by atomic mass is 16.4. The highest BCUT2D eigenvalue weighted by molar-refractivity contribution is 5.97. The summed E-state index contributed by atoms with van der Waals surface area (Å²) in [7, 11) is 0. The van der Waals surface area contributed by atoms with Gasteiger partial charge < -0.3 is 9.77 Å². The number of fused-ring (bicyclic) bond motifs is 1. The van der Waals surface area contributed by atoms with Crippen molar-refractivity contribution in [2.75, 3.05) is 0 Å². The first-order valence-corrected chi connectivity index (χ1v) is 3.51. The lowest BCUT2D eigenvalue weighted by Gasteiger charge is -2.12. The maximum absolute atomic E-state index is 8.56. The van der Waals surface area contributed by atoms with Crippen molar-refractivity contribution in [3.05, 3.63) is 12.2 Å². The van der Waals surface area contributed by atoms with Gasteiger partial charge in [-0.3, -0.25) is 0 Å². The summed E-state index contributed by atoms with van der Waals surface area (Å²) in [6, 6.07) is 0. The quantitative estimate of drug-likeness (QED) is 0.428. The SMILES string of the molecule is O/N=C1\CCCn2cnnc21. The third kappa shape index (κ3) is 0.886. The largest absolute Gasteiger partial charge is 0.411 e. The summed E-state index contributed by atoms with van der Waals surface area (Å²) in [5.74, 6) is 0.693. The minimum absolute atomic E-state index is 0.633. The van der Waals surface area contributed by atoms with Crippen molar-refractivity contribution in [3.63, 3.8) is 0 Å². The monoisotopic (exact) mass is 152 g/mol. The second-order valence-corrected chi connectivity index (χ2v) is 2.50. The third-order valence-corrected chi connectivity index (χ3v) is 1.81. The molecule has 0 aliphatic carbocycles. The number of oxime groups is 1. The Balaban J connectivity index is 2.48. The average molecular weight is 152 g/mol. The van der Waals surface area contributed by atoms with Gasteiger partial charge in [0.05, 0.1) is 0 Å². The van der Waals surface area contributed by atoms with Crippen LogP contribution in [0.15, 0.2) is 11.5 Å². The van der Waals surface area contributed by atoms with Crippen LogP contribution in [0.3, 0.4) is 0 Å². The number of hydrogen-bond donors (Lipinski definition) is 1. The molecule has 0 aromatic carbocycles. The lowest BCUT2D eigenvalue weighted by molar-refractivity contribution is 0.316. The summed E-state index contributed by atoms with van der Waals surface area (Å²) in [4.78, 5) is 0. The van der Waals surface area contributed by atoms with Crippen LogP contribution in [0.4, 0.5) is 0 Å². The number of hydrogen-bond acceptors (Lipinski definition) is 4. The van der Waals surface area contributed by atoms with Gasteiger partial charge in [-0.1, -0.05) is 5.16 Å². The van der Waals surface area contributed by atoms with E-state index in [1.165, 1.54) is 0 Å². The van der Waals surface area contributed by atoms with Gasteiger partial charge >= 0.3 is 0 Å². The van der Waals surface area contributed by atoms with Gasteiger partial charge in [-0.25, -0.2) is 0 Å². The van der Waals surface area contributed by atoms with Crippen molar-refractivity contribution in [1.29, 1.82) is 0 Å². The highest BCUT2D eigenvalue weighted by Gasteiger charge is 2.16. The Morgan fingerprint density at radius 3 is 3.36 bits per heavy atom. The second-order valence-electron chi connectivity index (χ2n) is 2.50. The summed E-state index contributed by atoms with van der Waals surface area (Å²) in [5, 5.41) is 19.3. The van der Waals surface area contributed by atoms with Crippen LogP contribution < -0.4 is 0 Å². The van der Waals surface area contributed by atoms with E-state index in [1.807, 2.05) is 4.57 Å². The van der Waals surface area contributed by atoms with E-state index >= 15 is 0 Å². The smallest absolute Gasteiger partial charge is 0.181 e. The minimum atomic E-state index is 0.633. The molecule has 5 nitrogen and oxygen atoms in total. The maximum atomic E-state index is 8.56. The molecular weight excluding hydrogens is 144 g/mol. The van der Waals surface area contributed by atoms with E-state index in [0.29, 0.717) is 11.5 Å². The van der Waals surface area contributed by atoms with Gasteiger partial charge in [0, 0.05) is 6.54 Å². The summed E-state index contributed by atoms with van der Waals surface area (Å²) >= 11 is 0. The predicted molar refractivity (Wildman–Crippen MR) is 37.6 cm³/mol. The van der Waals surface area contributed by atoms with Crippen molar-refractivity contribution < 1.29 is 5.21 Å². The molecule has 1 N–H and O–H groups in total. The fourth-order valence-electron chi connectivity index (χ4n) is 1.27. The van der Waals surface area contributed by atoms with Crippen LogP contribution in [-0.2, 0) is 6.54 Å². The van der Waals surface area contributed by atoms with E-state index in [4.69, 9.17) is 5.21 Å². The van der Waals surface area contributed by atoms with Crippen molar-refractivity contribution in [1.82, 2.24) is 14.8 Å². The number of rotatable bonds is 0. The Labute approximate surface area is 63.4 Å². The van der Waals surface area contributed by atoms with Gasteiger partial charge in [0.25, 0.3) is 0 Å². The van der Waals surface area contributed by atoms with Crippen LogP contribution in [0, 0.1) is 0 Å². The maximum Gasteiger partial charge on any atom is 0.181 e. The number of aryl methyl sites for hydroxylation is 1. The Hall–Kier alpha value is -1.39. The van der Waals surface area contributed by atoms with E-state index in [1.54, 1.807) is 6.33 Å². The van der Waals surface area contributed by atoms with Crippen LogP contribution >= 0.6 is 0 Å². The topological polar surface area (TPSA) is 63.3 Å². The van der Waals surface area contributed by atoms with Crippen molar-refractivity contribution in [3.8, 4) is 0 Å². The molecule has 0 bridgehead atoms. The molecule has 11 heavy (non-hydrogen) atoms. The van der Waals surface area contributed by atoms with Gasteiger partial charge in [0.1, 0.15) is 12.0 Å². The lowest BCUT2D eigenvalue weighted by Crippen LogP contribution is -2.17. The predicted octanol–water partition coefficient (Wildman–Crippen LogP) is 0.250. The van der Waals surface area contributed by atoms with E-state index in [-0.39, 0.29) is 0 Å². The molecule has 0 unspecified atom stereocenters. The van der Waals surface area contributed by atoms with Crippen molar-refractivity contribution >= 4 is 5.71 Å². The Bertz CT molecular complexity index is 291. The normalized spacial score (nSPS) is 20.2. The van der Waals surface area contributed by atoms with E-state index in [0.717, 1.165) is 19.4 Å². The van der Waals surface area contributed by atoms with Gasteiger partial charge in [-0.05, 0) is 12.8 Å². The zero-order chi connectivity index (χ0) is 7.68. The van der Waals surface area contributed by atoms with Crippen molar-refractivity contribution in [2.24, 2.45) is 5.16 Å². The first kappa shape index (κ1) is 6.33. The van der Waals surface area contributed by atoms with Gasteiger partial charge in [0.2, 0.25) is 0 Å². The zero-order valence-electron chi connectivity index (χ0n) is 5.93. The van der Waals surface area contributed by atoms with Gasteiger partial charge in [-0.15, -0.1) is 10.2 Å². The molecule has 2 heterocycles. The summed E-state index contributed by atoms with van der Waals surface area (Å²) in [5.41, 5.74) is 0.633. The molecule has 0 saturated heterocycles. The molecule has 0 spiro atoms. The molecular formula is C6H8N4O. The molecule has 0 radical (unpaired) electrons.